The van der Waals surface area contributed by atoms with Crippen LogP contribution >= 0.6 is 0 Å². The molecule has 1 unspecified atom stereocenters. The Morgan fingerprint density at radius 2 is 1.85 bits per heavy atom. The van der Waals surface area contributed by atoms with Gasteiger partial charge in [-0.25, -0.2) is 4.39 Å². The standard InChI is InChI=1S/C21H23FN2O3/c22-18-8-6-17(7-9-18)12-20(25)23-13-19-14-24(21(26)15-27-19)11-10-16-4-2-1-3-5-16/h1-9,19H,10-15H2,(H,23,25). The van der Waals surface area contributed by atoms with E-state index < -0.39 is 0 Å². The van der Waals surface area contributed by atoms with Crippen molar-refractivity contribution in [2.24, 2.45) is 0 Å². The second-order valence-electron chi connectivity index (χ2n) is 6.62. The topological polar surface area (TPSA) is 58.6 Å². The number of hydrogen-bond acceptors (Lipinski definition) is 3. The number of carbonyl (C=O) groups is 2. The molecule has 1 saturated heterocycles. The van der Waals surface area contributed by atoms with Gasteiger partial charge in [-0.1, -0.05) is 42.5 Å². The second kappa shape index (κ2) is 9.28. The van der Waals surface area contributed by atoms with Crippen molar-refractivity contribution in [1.29, 1.82) is 0 Å². The number of nitrogens with one attached hydrogen (secondary N) is 1. The van der Waals surface area contributed by atoms with Crippen LogP contribution in [0.1, 0.15) is 11.1 Å². The minimum atomic E-state index is -0.324. The molecule has 2 amide bonds. The highest BCUT2D eigenvalue weighted by Crippen LogP contribution is 2.09. The summed E-state index contributed by atoms with van der Waals surface area (Å²) in [6, 6.07) is 15.9. The van der Waals surface area contributed by atoms with Crippen LogP contribution in [0.4, 0.5) is 4.39 Å². The number of hydrogen-bond donors (Lipinski definition) is 1. The van der Waals surface area contributed by atoms with Crippen molar-refractivity contribution in [3.8, 4) is 0 Å². The Labute approximate surface area is 158 Å². The molecule has 1 atom stereocenters. The lowest BCUT2D eigenvalue weighted by Crippen LogP contribution is -2.51. The predicted molar refractivity (Wildman–Crippen MR) is 99.6 cm³/mol. The molecule has 0 aromatic heterocycles. The molecular formula is C21H23FN2O3. The molecule has 0 saturated carbocycles. The molecule has 0 aliphatic carbocycles. The Hall–Kier alpha value is -2.73. The third-order valence-corrected chi connectivity index (χ3v) is 4.54. The first-order valence-corrected chi connectivity index (χ1v) is 9.04. The number of morpholine rings is 1. The van der Waals surface area contributed by atoms with Gasteiger partial charge in [-0.15, -0.1) is 0 Å². The summed E-state index contributed by atoms with van der Waals surface area (Å²) >= 11 is 0. The maximum Gasteiger partial charge on any atom is 0.248 e. The molecule has 0 spiro atoms. The molecule has 1 fully saturated rings. The van der Waals surface area contributed by atoms with Crippen LogP contribution in [-0.2, 0) is 27.2 Å². The fourth-order valence-corrected chi connectivity index (χ4v) is 3.01. The quantitative estimate of drug-likeness (QED) is 0.811. The summed E-state index contributed by atoms with van der Waals surface area (Å²) in [5.74, 6) is -0.507. The van der Waals surface area contributed by atoms with Gasteiger partial charge in [0, 0.05) is 19.6 Å². The third kappa shape index (κ3) is 5.89. The van der Waals surface area contributed by atoms with Crippen molar-refractivity contribution in [2.75, 3.05) is 26.2 Å². The normalized spacial score (nSPS) is 17.0. The van der Waals surface area contributed by atoms with Crippen LogP contribution in [0.2, 0.25) is 0 Å². The van der Waals surface area contributed by atoms with Gasteiger partial charge < -0.3 is 15.0 Å². The van der Waals surface area contributed by atoms with E-state index in [1.807, 2.05) is 30.3 Å². The number of ether oxygens (including phenoxy) is 1. The molecule has 1 heterocycles. The highest BCUT2D eigenvalue weighted by Gasteiger charge is 2.26. The molecule has 142 valence electrons. The van der Waals surface area contributed by atoms with Gasteiger partial charge in [0.25, 0.3) is 0 Å². The molecule has 6 heteroatoms. The molecule has 0 radical (unpaired) electrons. The largest absolute Gasteiger partial charge is 0.365 e. The first-order chi connectivity index (χ1) is 13.1. The van der Waals surface area contributed by atoms with E-state index in [2.05, 4.69) is 5.32 Å². The zero-order valence-corrected chi connectivity index (χ0v) is 15.1. The smallest absolute Gasteiger partial charge is 0.248 e. The average Bonchev–Trinajstić information content (AvgIpc) is 2.69. The molecule has 3 rings (SSSR count). The number of benzene rings is 2. The van der Waals surface area contributed by atoms with Gasteiger partial charge in [0.15, 0.2) is 0 Å². The van der Waals surface area contributed by atoms with Crippen molar-refractivity contribution < 1.29 is 18.7 Å². The Morgan fingerprint density at radius 3 is 2.59 bits per heavy atom. The lowest BCUT2D eigenvalue weighted by Gasteiger charge is -2.33. The van der Waals surface area contributed by atoms with Crippen LogP contribution in [0.3, 0.4) is 0 Å². The molecule has 0 bridgehead atoms. The SMILES string of the molecule is O=C(Cc1ccc(F)cc1)NCC1CN(CCc2ccccc2)C(=O)CO1. The van der Waals surface area contributed by atoms with Gasteiger partial charge in [0.1, 0.15) is 12.4 Å². The zero-order valence-electron chi connectivity index (χ0n) is 15.1. The van der Waals surface area contributed by atoms with E-state index in [-0.39, 0.29) is 36.8 Å². The molecule has 27 heavy (non-hydrogen) atoms. The van der Waals surface area contributed by atoms with E-state index >= 15 is 0 Å². The summed E-state index contributed by atoms with van der Waals surface area (Å²) in [7, 11) is 0. The summed E-state index contributed by atoms with van der Waals surface area (Å²) in [5, 5.41) is 2.83. The van der Waals surface area contributed by atoms with Gasteiger partial charge in [-0.05, 0) is 29.7 Å². The van der Waals surface area contributed by atoms with Gasteiger partial charge in [-0.2, -0.15) is 0 Å². The molecule has 5 nitrogen and oxygen atoms in total. The molecule has 1 aliphatic rings. The predicted octanol–water partition coefficient (Wildman–Crippen LogP) is 1.95. The minimum absolute atomic E-state index is 0.0279. The number of carbonyl (C=O) groups excluding carboxylic acids is 2. The molecule has 2 aromatic carbocycles. The Bertz CT molecular complexity index is 765. The summed E-state index contributed by atoms with van der Waals surface area (Å²) < 4.78 is 18.4. The van der Waals surface area contributed by atoms with E-state index in [9.17, 15) is 14.0 Å². The van der Waals surface area contributed by atoms with Crippen LogP contribution < -0.4 is 5.32 Å². The van der Waals surface area contributed by atoms with E-state index in [4.69, 9.17) is 4.74 Å². The monoisotopic (exact) mass is 370 g/mol. The highest BCUT2D eigenvalue weighted by atomic mass is 19.1. The van der Waals surface area contributed by atoms with Crippen LogP contribution in [0.15, 0.2) is 54.6 Å². The van der Waals surface area contributed by atoms with Crippen molar-refractivity contribution in [3.63, 3.8) is 0 Å². The summed E-state index contributed by atoms with van der Waals surface area (Å²) in [6.07, 6.45) is 0.746. The Balaban J connectivity index is 1.44. The van der Waals surface area contributed by atoms with Crippen LogP contribution in [0.5, 0.6) is 0 Å². The number of halogens is 1. The van der Waals surface area contributed by atoms with Crippen LogP contribution in [0.25, 0.3) is 0 Å². The Kier molecular flexibility index (Phi) is 6.54. The summed E-state index contributed by atoms with van der Waals surface area (Å²) in [4.78, 5) is 25.9. The maximum atomic E-state index is 12.9. The van der Waals surface area contributed by atoms with E-state index in [1.54, 1.807) is 17.0 Å². The minimum Gasteiger partial charge on any atom is -0.365 e. The second-order valence-corrected chi connectivity index (χ2v) is 6.62. The zero-order chi connectivity index (χ0) is 19.1. The number of rotatable bonds is 7. The fraction of sp³-hybridized carbons (Fsp3) is 0.333. The van der Waals surface area contributed by atoms with E-state index in [1.165, 1.54) is 17.7 Å². The van der Waals surface area contributed by atoms with Crippen molar-refractivity contribution in [2.45, 2.75) is 18.9 Å². The molecule has 1 N–H and O–H groups in total. The van der Waals surface area contributed by atoms with Crippen molar-refractivity contribution >= 4 is 11.8 Å². The van der Waals surface area contributed by atoms with Gasteiger partial charge in [0.2, 0.25) is 11.8 Å². The van der Waals surface area contributed by atoms with Crippen LogP contribution in [-0.4, -0.2) is 49.1 Å². The first-order valence-electron chi connectivity index (χ1n) is 9.04. The van der Waals surface area contributed by atoms with Crippen LogP contribution in [0, 0.1) is 5.82 Å². The lowest BCUT2D eigenvalue weighted by molar-refractivity contribution is -0.148. The fourth-order valence-electron chi connectivity index (χ4n) is 3.01. The summed E-state index contributed by atoms with van der Waals surface area (Å²) in [6.45, 7) is 1.47. The Morgan fingerprint density at radius 1 is 1.11 bits per heavy atom. The number of amides is 2. The van der Waals surface area contributed by atoms with Gasteiger partial charge in [-0.3, -0.25) is 9.59 Å². The first kappa shape index (κ1) is 19.0. The van der Waals surface area contributed by atoms with Crippen molar-refractivity contribution in [1.82, 2.24) is 10.2 Å². The maximum absolute atomic E-state index is 12.9. The van der Waals surface area contributed by atoms with Crippen molar-refractivity contribution in [3.05, 3.63) is 71.5 Å². The molecule has 2 aromatic rings. The third-order valence-electron chi connectivity index (χ3n) is 4.54. The van der Waals surface area contributed by atoms with Gasteiger partial charge in [0.05, 0.1) is 12.5 Å². The highest BCUT2D eigenvalue weighted by molar-refractivity contribution is 5.79. The van der Waals surface area contributed by atoms with Gasteiger partial charge >= 0.3 is 0 Å². The lowest BCUT2D eigenvalue weighted by atomic mass is 10.1. The summed E-state index contributed by atoms with van der Waals surface area (Å²) in [5.41, 5.74) is 1.93. The van der Waals surface area contributed by atoms with E-state index in [0.717, 1.165) is 12.0 Å². The molecule has 1 aliphatic heterocycles. The molecular weight excluding hydrogens is 347 g/mol. The number of nitrogens with zero attached hydrogens (tertiary/aromatic N) is 1. The average molecular weight is 370 g/mol. The van der Waals surface area contributed by atoms with E-state index in [0.29, 0.717) is 19.6 Å².